The maximum absolute atomic E-state index is 5.94. The van der Waals surface area contributed by atoms with E-state index in [1.54, 1.807) is 0 Å². The first-order chi connectivity index (χ1) is 8.38. The Kier molecular flexibility index (Phi) is 2.73. The maximum Gasteiger partial charge on any atom is 0.140 e. The lowest BCUT2D eigenvalue weighted by atomic mass is 10.1. The zero-order valence-electron chi connectivity index (χ0n) is 9.72. The minimum atomic E-state index is 0.0938. The van der Waals surface area contributed by atoms with Crippen LogP contribution in [0.2, 0.25) is 0 Å². The third-order valence-electron chi connectivity index (χ3n) is 2.74. The zero-order valence-corrected chi connectivity index (χ0v) is 10.5. The molecule has 0 saturated heterocycles. The molecule has 86 valence electrons. The molecule has 1 aromatic rings. The lowest BCUT2D eigenvalue weighted by Crippen LogP contribution is -2.05. The van der Waals surface area contributed by atoms with Crippen LogP contribution in [0, 0.1) is 0 Å². The van der Waals surface area contributed by atoms with Crippen molar-refractivity contribution < 1.29 is 4.74 Å². The molecule has 0 fully saturated rings. The molecular weight excluding hydrogens is 228 g/mol. The molecule has 2 heteroatoms. The number of hydrogen-bond acceptors (Lipinski definition) is 1. The first-order valence-electron chi connectivity index (χ1n) is 5.81. The summed E-state index contributed by atoms with van der Waals surface area (Å²) < 4.78 is 5.94. The van der Waals surface area contributed by atoms with Crippen LogP contribution in [0.1, 0.15) is 18.9 Å². The second-order valence-corrected chi connectivity index (χ2v) is 5.74. The van der Waals surface area contributed by atoms with E-state index >= 15 is 0 Å². The summed E-state index contributed by atoms with van der Waals surface area (Å²) in [6.07, 6.45) is 7.48. The summed E-state index contributed by atoms with van der Waals surface area (Å²) in [4.78, 5) is 1.30. The van der Waals surface area contributed by atoms with Crippen LogP contribution >= 0.6 is 10.5 Å². The Hall–Kier alpha value is -1.54. The molecule has 0 radical (unpaired) electrons. The van der Waals surface area contributed by atoms with Crippen molar-refractivity contribution in [2.75, 3.05) is 0 Å². The molecule has 1 nitrogen and oxygen atoms in total. The second kappa shape index (κ2) is 4.38. The molecule has 2 aliphatic rings. The summed E-state index contributed by atoms with van der Waals surface area (Å²) in [5.74, 6) is 1.96. The van der Waals surface area contributed by atoms with Gasteiger partial charge in [0.2, 0.25) is 0 Å². The largest absolute Gasteiger partial charge is 0.456 e. The van der Waals surface area contributed by atoms with Gasteiger partial charge in [-0.15, -0.1) is 10.5 Å². The maximum atomic E-state index is 5.94. The van der Waals surface area contributed by atoms with Crippen LogP contribution in [0.4, 0.5) is 0 Å². The molecule has 0 aromatic heterocycles. The molecule has 0 amide bonds. The molecule has 0 spiro atoms. The molecule has 17 heavy (non-hydrogen) atoms. The fraction of sp³-hybridized carbons (Fsp3) is 0.133. The van der Waals surface area contributed by atoms with Crippen LogP contribution < -0.4 is 4.74 Å². The van der Waals surface area contributed by atoms with Crippen LogP contribution in [-0.4, -0.2) is 5.37 Å². The number of hydrogen-bond donors (Lipinski definition) is 0. The Morgan fingerprint density at radius 1 is 1.29 bits per heavy atom. The van der Waals surface area contributed by atoms with Crippen molar-refractivity contribution in [2.24, 2.45) is 0 Å². The molecule has 2 heterocycles. The van der Waals surface area contributed by atoms with E-state index in [9.17, 15) is 0 Å². The fourth-order valence-corrected chi connectivity index (χ4v) is 3.63. The SMILES string of the molecule is CCC=S1C=CC=C2Oc3ccccc3C=C21. The highest BCUT2D eigenvalue weighted by Crippen LogP contribution is 2.42. The van der Waals surface area contributed by atoms with Crippen molar-refractivity contribution in [1.82, 2.24) is 0 Å². The van der Waals surface area contributed by atoms with Crippen LogP contribution in [0.25, 0.3) is 6.08 Å². The van der Waals surface area contributed by atoms with Crippen molar-refractivity contribution in [3.8, 4) is 5.75 Å². The highest BCUT2D eigenvalue weighted by molar-refractivity contribution is 8.21. The van der Waals surface area contributed by atoms with Crippen LogP contribution in [0.15, 0.2) is 52.5 Å². The molecule has 2 aliphatic heterocycles. The van der Waals surface area contributed by atoms with Crippen molar-refractivity contribution >= 4 is 21.9 Å². The van der Waals surface area contributed by atoms with Gasteiger partial charge in [-0.1, -0.05) is 36.6 Å². The van der Waals surface area contributed by atoms with Gasteiger partial charge in [-0.2, -0.15) is 0 Å². The van der Waals surface area contributed by atoms with Crippen molar-refractivity contribution in [1.29, 1.82) is 0 Å². The number of allylic oxidation sites excluding steroid dienone is 2. The van der Waals surface area contributed by atoms with E-state index in [0.717, 1.165) is 17.9 Å². The number of ether oxygens (including phenoxy) is 1. The Bertz CT molecular complexity index is 576. The van der Waals surface area contributed by atoms with E-state index in [0.29, 0.717) is 0 Å². The summed E-state index contributed by atoms with van der Waals surface area (Å²) in [5.41, 5.74) is 1.18. The quantitative estimate of drug-likeness (QED) is 0.667. The first kappa shape index (κ1) is 10.6. The summed E-state index contributed by atoms with van der Waals surface area (Å²) in [5, 5.41) is 4.59. The highest BCUT2D eigenvalue weighted by Gasteiger charge is 2.19. The summed E-state index contributed by atoms with van der Waals surface area (Å²) >= 11 is 0. The standard InChI is InChI=1S/C15H14OS/c1-2-9-17-10-5-8-14-15(17)11-12-6-3-4-7-13(12)16-14/h3-11H,2H2,1H3. The first-order valence-corrected chi connectivity index (χ1v) is 7.16. The van der Waals surface area contributed by atoms with E-state index in [2.05, 4.69) is 42.0 Å². The smallest absolute Gasteiger partial charge is 0.140 e. The number of rotatable bonds is 1. The minimum Gasteiger partial charge on any atom is -0.456 e. The van der Waals surface area contributed by atoms with Gasteiger partial charge in [-0.25, -0.2) is 0 Å². The van der Waals surface area contributed by atoms with Crippen molar-refractivity contribution in [3.05, 3.63) is 58.1 Å². The van der Waals surface area contributed by atoms with E-state index in [1.807, 2.05) is 18.2 Å². The van der Waals surface area contributed by atoms with Crippen molar-refractivity contribution in [3.63, 3.8) is 0 Å². The lowest BCUT2D eigenvalue weighted by Gasteiger charge is -2.23. The molecule has 0 saturated carbocycles. The van der Waals surface area contributed by atoms with Crippen LogP contribution in [0.5, 0.6) is 5.75 Å². The van der Waals surface area contributed by atoms with Crippen molar-refractivity contribution in [2.45, 2.75) is 13.3 Å². The van der Waals surface area contributed by atoms with Crippen LogP contribution in [0.3, 0.4) is 0 Å². The normalized spacial score (nSPS) is 21.1. The molecule has 0 N–H and O–H groups in total. The molecule has 1 unspecified atom stereocenters. The molecule has 1 atom stereocenters. The molecule has 3 rings (SSSR count). The predicted octanol–water partition coefficient (Wildman–Crippen LogP) is 4.31. The summed E-state index contributed by atoms with van der Waals surface area (Å²) in [7, 11) is 0.0938. The van der Waals surface area contributed by atoms with Gasteiger partial charge in [0.15, 0.2) is 0 Å². The average Bonchev–Trinajstić information content (AvgIpc) is 2.37. The number of fused-ring (bicyclic) bond motifs is 2. The Labute approximate surface area is 104 Å². The Balaban J connectivity index is 2.13. The summed E-state index contributed by atoms with van der Waals surface area (Å²) in [6.45, 7) is 2.18. The molecule has 1 aromatic carbocycles. The van der Waals surface area contributed by atoms with Gasteiger partial charge in [0.1, 0.15) is 11.5 Å². The van der Waals surface area contributed by atoms with E-state index in [1.165, 1.54) is 10.5 Å². The van der Waals surface area contributed by atoms with Crippen LogP contribution in [-0.2, 0) is 0 Å². The van der Waals surface area contributed by atoms with Gasteiger partial charge >= 0.3 is 0 Å². The van der Waals surface area contributed by atoms with Gasteiger partial charge in [0.05, 0.1) is 0 Å². The van der Waals surface area contributed by atoms with Gasteiger partial charge < -0.3 is 4.74 Å². The number of benzene rings is 1. The van der Waals surface area contributed by atoms with Gasteiger partial charge in [-0.3, -0.25) is 0 Å². The highest BCUT2D eigenvalue weighted by atomic mass is 32.2. The minimum absolute atomic E-state index is 0.0938. The van der Waals surface area contributed by atoms with E-state index in [4.69, 9.17) is 4.74 Å². The predicted molar refractivity (Wildman–Crippen MR) is 76.2 cm³/mol. The fourth-order valence-electron chi connectivity index (χ4n) is 1.98. The lowest BCUT2D eigenvalue weighted by molar-refractivity contribution is 0.437. The van der Waals surface area contributed by atoms with E-state index in [-0.39, 0.29) is 10.5 Å². The Morgan fingerprint density at radius 2 is 2.18 bits per heavy atom. The topological polar surface area (TPSA) is 9.23 Å². The van der Waals surface area contributed by atoms with Gasteiger partial charge in [0, 0.05) is 10.5 Å². The third kappa shape index (κ3) is 1.89. The number of para-hydroxylation sites is 1. The second-order valence-electron chi connectivity index (χ2n) is 3.95. The average molecular weight is 242 g/mol. The zero-order chi connectivity index (χ0) is 11.7. The monoisotopic (exact) mass is 242 g/mol. The van der Waals surface area contributed by atoms with Gasteiger partial charge in [-0.05, 0) is 30.0 Å². The molecular formula is C15H14OS. The molecule has 0 bridgehead atoms. The Morgan fingerprint density at radius 3 is 3.06 bits per heavy atom. The van der Waals surface area contributed by atoms with Gasteiger partial charge in [0.25, 0.3) is 0 Å². The third-order valence-corrected chi connectivity index (χ3v) is 4.71. The molecule has 0 aliphatic carbocycles. The van der Waals surface area contributed by atoms with E-state index < -0.39 is 0 Å². The summed E-state index contributed by atoms with van der Waals surface area (Å²) in [6, 6.07) is 8.18.